The van der Waals surface area contributed by atoms with E-state index in [2.05, 4.69) is 29.6 Å². The molecule has 8 nitrogen and oxygen atoms in total. The number of carboxylic acids is 1. The Morgan fingerprint density at radius 3 is 2.30 bits per heavy atom. The normalized spacial score (nSPS) is 20.5. The molecule has 1 atom stereocenters. The maximum Gasteiger partial charge on any atom is 0.408 e. The molecule has 0 bridgehead atoms. The Bertz CT molecular complexity index is 1050. The minimum atomic E-state index is -0.966. The number of carbonyl (C=O) groups excluding carboxylic acids is 2. The van der Waals surface area contributed by atoms with Crippen LogP contribution in [0.25, 0.3) is 11.1 Å². The maximum absolute atomic E-state index is 13.1. The molecule has 3 aliphatic rings. The van der Waals surface area contributed by atoms with Crippen molar-refractivity contribution in [3.05, 3.63) is 59.7 Å². The highest BCUT2D eigenvalue weighted by Crippen LogP contribution is 2.44. The third-order valence-corrected chi connectivity index (χ3v) is 6.67. The van der Waals surface area contributed by atoms with E-state index in [1.54, 1.807) is 4.90 Å². The fraction of sp³-hybridized carbons (Fsp3) is 0.400. The Labute approximate surface area is 191 Å². The molecular weight excluding hydrogens is 424 g/mol. The van der Waals surface area contributed by atoms with Gasteiger partial charge in [-0.3, -0.25) is 9.59 Å². The summed E-state index contributed by atoms with van der Waals surface area (Å²) in [5, 5.41) is 11.8. The largest absolute Gasteiger partial charge is 0.481 e. The number of hydrogen-bond donors (Lipinski definition) is 2. The van der Waals surface area contributed by atoms with Crippen LogP contribution in [0.5, 0.6) is 0 Å². The van der Waals surface area contributed by atoms with Crippen LogP contribution in [-0.4, -0.2) is 65.9 Å². The van der Waals surface area contributed by atoms with Crippen LogP contribution in [-0.2, 0) is 19.1 Å². The van der Waals surface area contributed by atoms with E-state index in [0.717, 1.165) is 22.3 Å². The number of carboxylic acid groups (broad SMARTS) is 1. The van der Waals surface area contributed by atoms with E-state index >= 15 is 0 Å². The summed E-state index contributed by atoms with van der Waals surface area (Å²) in [6.07, 6.45) is -0.228. The van der Waals surface area contributed by atoms with Gasteiger partial charge in [-0.15, -0.1) is 0 Å². The van der Waals surface area contributed by atoms with E-state index in [1.807, 2.05) is 24.3 Å². The SMILES string of the molecule is O=C(O)CC1CN(C(=O)C2(NC(=O)OCC3c4ccccc4-c4ccccc43)CC2)CCO1. The Kier molecular flexibility index (Phi) is 5.54. The Morgan fingerprint density at radius 1 is 1.06 bits per heavy atom. The molecule has 1 saturated heterocycles. The Morgan fingerprint density at radius 2 is 1.70 bits per heavy atom. The molecule has 1 aliphatic heterocycles. The second-order valence-electron chi connectivity index (χ2n) is 8.87. The van der Waals surface area contributed by atoms with Crippen molar-refractivity contribution in [2.24, 2.45) is 0 Å². The first-order valence-corrected chi connectivity index (χ1v) is 11.2. The molecule has 2 aromatic carbocycles. The van der Waals surface area contributed by atoms with Crippen LogP contribution in [0.4, 0.5) is 4.79 Å². The summed E-state index contributed by atoms with van der Waals surface area (Å²) >= 11 is 0. The zero-order valence-corrected chi connectivity index (χ0v) is 18.2. The van der Waals surface area contributed by atoms with Gasteiger partial charge in [-0.05, 0) is 35.1 Å². The fourth-order valence-electron chi connectivity index (χ4n) is 4.87. The number of rotatable bonds is 6. The van der Waals surface area contributed by atoms with Gasteiger partial charge in [-0.1, -0.05) is 48.5 Å². The average Bonchev–Trinajstić information content (AvgIpc) is 3.52. The first-order chi connectivity index (χ1) is 16.0. The van der Waals surface area contributed by atoms with Gasteiger partial charge in [0.1, 0.15) is 12.1 Å². The summed E-state index contributed by atoms with van der Waals surface area (Å²) in [6.45, 7) is 1.05. The smallest absolute Gasteiger partial charge is 0.408 e. The van der Waals surface area contributed by atoms with Crippen LogP contribution in [0.2, 0.25) is 0 Å². The summed E-state index contributed by atoms with van der Waals surface area (Å²) in [7, 11) is 0. The predicted molar refractivity (Wildman–Crippen MR) is 119 cm³/mol. The molecule has 33 heavy (non-hydrogen) atoms. The number of aliphatic carboxylic acids is 1. The Hall–Kier alpha value is -3.39. The van der Waals surface area contributed by atoms with Crippen LogP contribution >= 0.6 is 0 Å². The third kappa shape index (κ3) is 4.18. The van der Waals surface area contributed by atoms with E-state index in [1.165, 1.54) is 0 Å². The minimum absolute atomic E-state index is 0.0509. The lowest BCUT2D eigenvalue weighted by atomic mass is 9.98. The topological polar surface area (TPSA) is 105 Å². The molecule has 0 spiro atoms. The van der Waals surface area contributed by atoms with E-state index in [-0.39, 0.29) is 38.0 Å². The van der Waals surface area contributed by atoms with Crippen molar-refractivity contribution in [2.45, 2.75) is 36.8 Å². The molecule has 5 rings (SSSR count). The summed E-state index contributed by atoms with van der Waals surface area (Å²) in [6, 6.07) is 16.2. The minimum Gasteiger partial charge on any atom is -0.481 e. The van der Waals surface area contributed by atoms with Crippen LogP contribution in [0.1, 0.15) is 36.3 Å². The molecule has 2 aliphatic carbocycles. The van der Waals surface area contributed by atoms with Gasteiger partial charge in [0.2, 0.25) is 5.91 Å². The molecule has 1 saturated carbocycles. The summed E-state index contributed by atoms with van der Waals surface area (Å²) in [5.41, 5.74) is 3.59. The van der Waals surface area contributed by atoms with E-state index in [4.69, 9.17) is 14.6 Å². The zero-order chi connectivity index (χ0) is 23.0. The number of benzene rings is 2. The lowest BCUT2D eigenvalue weighted by Gasteiger charge is -2.34. The third-order valence-electron chi connectivity index (χ3n) is 6.67. The van der Waals surface area contributed by atoms with Gasteiger partial charge in [0.15, 0.2) is 0 Å². The summed E-state index contributed by atoms with van der Waals surface area (Å²) < 4.78 is 11.1. The van der Waals surface area contributed by atoms with Crippen molar-refractivity contribution in [3.8, 4) is 11.1 Å². The van der Waals surface area contributed by atoms with Crippen molar-refractivity contribution in [1.29, 1.82) is 0 Å². The molecule has 2 aromatic rings. The summed E-state index contributed by atoms with van der Waals surface area (Å²) in [5.74, 6) is -1.22. The zero-order valence-electron chi connectivity index (χ0n) is 18.2. The quantitative estimate of drug-likeness (QED) is 0.701. The number of fused-ring (bicyclic) bond motifs is 3. The first-order valence-electron chi connectivity index (χ1n) is 11.2. The Balaban J connectivity index is 1.21. The van der Waals surface area contributed by atoms with Crippen LogP contribution in [0.15, 0.2) is 48.5 Å². The van der Waals surface area contributed by atoms with Gasteiger partial charge >= 0.3 is 12.1 Å². The van der Waals surface area contributed by atoms with Gasteiger partial charge in [-0.2, -0.15) is 0 Å². The number of morpholine rings is 1. The number of amides is 2. The predicted octanol–water partition coefficient (Wildman–Crippen LogP) is 2.76. The lowest BCUT2D eigenvalue weighted by molar-refractivity contribution is -0.149. The number of alkyl carbamates (subject to hydrolysis) is 1. The standard InChI is InChI=1S/C25H26N2O6/c28-22(29)13-16-14-27(11-12-32-16)23(30)25(9-10-25)26-24(31)33-15-21-19-7-3-1-5-17(19)18-6-2-4-8-20(18)21/h1-8,16,21H,9-15H2,(H,26,31)(H,28,29). The molecule has 0 radical (unpaired) electrons. The van der Waals surface area contributed by atoms with Gasteiger partial charge in [-0.25, -0.2) is 4.79 Å². The molecule has 2 fully saturated rings. The molecule has 172 valence electrons. The monoisotopic (exact) mass is 450 g/mol. The van der Waals surface area contributed by atoms with Crippen LogP contribution in [0, 0.1) is 0 Å². The van der Waals surface area contributed by atoms with Crippen LogP contribution in [0.3, 0.4) is 0 Å². The average molecular weight is 450 g/mol. The number of ether oxygens (including phenoxy) is 2. The van der Waals surface area contributed by atoms with Crippen molar-refractivity contribution in [1.82, 2.24) is 10.2 Å². The highest BCUT2D eigenvalue weighted by molar-refractivity contribution is 5.93. The van der Waals surface area contributed by atoms with E-state index < -0.39 is 23.7 Å². The van der Waals surface area contributed by atoms with Gasteiger partial charge in [0, 0.05) is 19.0 Å². The van der Waals surface area contributed by atoms with Crippen molar-refractivity contribution >= 4 is 18.0 Å². The molecule has 1 unspecified atom stereocenters. The van der Waals surface area contributed by atoms with Crippen molar-refractivity contribution in [2.75, 3.05) is 26.3 Å². The lowest BCUT2D eigenvalue weighted by Crippen LogP contribution is -2.55. The van der Waals surface area contributed by atoms with Crippen molar-refractivity contribution < 1.29 is 29.0 Å². The second kappa shape index (κ2) is 8.51. The molecule has 1 heterocycles. The van der Waals surface area contributed by atoms with Gasteiger partial charge in [0.05, 0.1) is 19.1 Å². The van der Waals surface area contributed by atoms with Gasteiger partial charge < -0.3 is 24.8 Å². The van der Waals surface area contributed by atoms with E-state index in [0.29, 0.717) is 19.4 Å². The number of carbonyl (C=O) groups is 3. The first kappa shape index (κ1) is 21.5. The van der Waals surface area contributed by atoms with Crippen molar-refractivity contribution in [3.63, 3.8) is 0 Å². The number of hydrogen-bond acceptors (Lipinski definition) is 5. The maximum atomic E-state index is 13.1. The summed E-state index contributed by atoms with van der Waals surface area (Å²) in [4.78, 5) is 38.3. The van der Waals surface area contributed by atoms with Crippen LogP contribution < -0.4 is 5.32 Å². The number of nitrogens with zero attached hydrogens (tertiary/aromatic N) is 1. The molecule has 8 heteroatoms. The molecular formula is C25H26N2O6. The highest BCUT2D eigenvalue weighted by atomic mass is 16.5. The molecule has 2 N–H and O–H groups in total. The molecule has 0 aromatic heterocycles. The highest BCUT2D eigenvalue weighted by Gasteiger charge is 2.54. The fourth-order valence-corrected chi connectivity index (χ4v) is 4.87. The van der Waals surface area contributed by atoms with Gasteiger partial charge in [0.25, 0.3) is 0 Å². The number of nitrogens with one attached hydrogen (secondary N) is 1. The van der Waals surface area contributed by atoms with E-state index in [9.17, 15) is 14.4 Å². The molecule has 2 amide bonds. The second-order valence-corrected chi connectivity index (χ2v) is 8.87.